The third kappa shape index (κ3) is 5.85. The van der Waals surface area contributed by atoms with Gasteiger partial charge in [-0.2, -0.15) is 5.10 Å². The van der Waals surface area contributed by atoms with Gasteiger partial charge in [0.05, 0.1) is 24.3 Å². The minimum atomic E-state index is -0.117. The molecule has 1 amide bonds. The third-order valence-electron chi connectivity index (χ3n) is 3.73. The Balaban J connectivity index is 2.49. The van der Waals surface area contributed by atoms with Gasteiger partial charge in [-0.05, 0) is 19.5 Å². The van der Waals surface area contributed by atoms with Crippen LogP contribution in [0.2, 0.25) is 0 Å². The summed E-state index contributed by atoms with van der Waals surface area (Å²) in [5.74, 6) is -0.128. The number of aromatic nitrogens is 2. The fourth-order valence-electron chi connectivity index (χ4n) is 2.28. The number of rotatable bonds is 10. The van der Waals surface area contributed by atoms with E-state index in [9.17, 15) is 4.79 Å². The van der Waals surface area contributed by atoms with E-state index in [0.717, 1.165) is 44.7 Å². The molecular weight excluding hydrogens is 266 g/mol. The number of anilines is 1. The van der Waals surface area contributed by atoms with Crippen molar-refractivity contribution in [2.75, 3.05) is 31.5 Å². The molecule has 0 spiro atoms. The van der Waals surface area contributed by atoms with Gasteiger partial charge in [-0.15, -0.1) is 0 Å². The molecule has 1 atom stereocenters. The van der Waals surface area contributed by atoms with Crippen molar-refractivity contribution in [2.24, 2.45) is 11.7 Å². The van der Waals surface area contributed by atoms with E-state index in [-0.39, 0.29) is 11.8 Å². The number of nitrogens with two attached hydrogens (primary N) is 1. The van der Waals surface area contributed by atoms with Crippen LogP contribution in [0.25, 0.3) is 0 Å². The predicted molar refractivity (Wildman–Crippen MR) is 86.1 cm³/mol. The van der Waals surface area contributed by atoms with Crippen LogP contribution in [0.4, 0.5) is 5.69 Å². The molecular formula is C15H29N5O. The molecule has 1 unspecified atom stereocenters. The average Bonchev–Trinajstić information content (AvgIpc) is 2.93. The van der Waals surface area contributed by atoms with Gasteiger partial charge in [0.15, 0.2) is 0 Å². The SMILES string of the molecule is CCCC(CN)C(=O)Nc1cnn(CCN(CC)CC)c1. The quantitative estimate of drug-likeness (QED) is 0.686. The summed E-state index contributed by atoms with van der Waals surface area (Å²) in [4.78, 5) is 14.4. The Bertz CT molecular complexity index is 414. The summed E-state index contributed by atoms with van der Waals surface area (Å²) < 4.78 is 1.87. The maximum absolute atomic E-state index is 12.1. The van der Waals surface area contributed by atoms with Gasteiger partial charge >= 0.3 is 0 Å². The molecule has 6 nitrogen and oxygen atoms in total. The molecule has 0 saturated heterocycles. The van der Waals surface area contributed by atoms with E-state index in [4.69, 9.17) is 5.73 Å². The fourth-order valence-corrected chi connectivity index (χ4v) is 2.28. The van der Waals surface area contributed by atoms with Crippen molar-refractivity contribution in [3.05, 3.63) is 12.4 Å². The van der Waals surface area contributed by atoms with Crippen LogP contribution in [-0.4, -0.2) is 46.8 Å². The van der Waals surface area contributed by atoms with E-state index in [1.165, 1.54) is 0 Å². The lowest BCUT2D eigenvalue weighted by molar-refractivity contribution is -0.119. The molecule has 0 aliphatic heterocycles. The Kier molecular flexibility index (Phi) is 8.00. The molecule has 0 aliphatic carbocycles. The maximum Gasteiger partial charge on any atom is 0.228 e. The van der Waals surface area contributed by atoms with Crippen molar-refractivity contribution in [2.45, 2.75) is 40.2 Å². The molecule has 0 bridgehead atoms. The highest BCUT2D eigenvalue weighted by Crippen LogP contribution is 2.11. The lowest BCUT2D eigenvalue weighted by Crippen LogP contribution is -2.29. The average molecular weight is 295 g/mol. The summed E-state index contributed by atoms with van der Waals surface area (Å²) in [7, 11) is 0. The van der Waals surface area contributed by atoms with E-state index in [1.54, 1.807) is 6.20 Å². The van der Waals surface area contributed by atoms with Crippen molar-refractivity contribution in [3.63, 3.8) is 0 Å². The summed E-state index contributed by atoms with van der Waals surface area (Å²) in [6.45, 7) is 10.6. The Morgan fingerprint density at radius 2 is 2.14 bits per heavy atom. The first-order valence-corrected chi connectivity index (χ1v) is 7.90. The highest BCUT2D eigenvalue weighted by Gasteiger charge is 2.16. The molecule has 1 heterocycles. The maximum atomic E-state index is 12.1. The van der Waals surface area contributed by atoms with Crippen LogP contribution in [0.3, 0.4) is 0 Å². The molecule has 0 fully saturated rings. The lowest BCUT2D eigenvalue weighted by Gasteiger charge is -2.17. The smallest absolute Gasteiger partial charge is 0.228 e. The largest absolute Gasteiger partial charge is 0.330 e. The zero-order chi connectivity index (χ0) is 15.7. The molecule has 1 rings (SSSR count). The van der Waals surface area contributed by atoms with Crippen molar-refractivity contribution >= 4 is 11.6 Å². The highest BCUT2D eigenvalue weighted by atomic mass is 16.1. The normalized spacial score (nSPS) is 12.6. The number of carbonyl (C=O) groups excluding carboxylic acids is 1. The summed E-state index contributed by atoms with van der Waals surface area (Å²) in [5, 5.41) is 7.18. The van der Waals surface area contributed by atoms with Crippen molar-refractivity contribution in [3.8, 4) is 0 Å². The Labute approximate surface area is 127 Å². The van der Waals surface area contributed by atoms with Gasteiger partial charge in [-0.3, -0.25) is 9.48 Å². The molecule has 0 aliphatic rings. The molecule has 6 heteroatoms. The third-order valence-corrected chi connectivity index (χ3v) is 3.73. The van der Waals surface area contributed by atoms with Crippen LogP contribution >= 0.6 is 0 Å². The van der Waals surface area contributed by atoms with Gasteiger partial charge in [0.1, 0.15) is 0 Å². The van der Waals surface area contributed by atoms with Crippen molar-refractivity contribution < 1.29 is 4.79 Å². The molecule has 21 heavy (non-hydrogen) atoms. The second-order valence-corrected chi connectivity index (χ2v) is 5.23. The lowest BCUT2D eigenvalue weighted by atomic mass is 10.0. The highest BCUT2D eigenvalue weighted by molar-refractivity contribution is 5.92. The van der Waals surface area contributed by atoms with Gasteiger partial charge in [0, 0.05) is 19.3 Å². The van der Waals surface area contributed by atoms with E-state index in [0.29, 0.717) is 6.54 Å². The molecule has 1 aromatic rings. The summed E-state index contributed by atoms with van der Waals surface area (Å²) in [6.07, 6.45) is 5.34. The summed E-state index contributed by atoms with van der Waals surface area (Å²) >= 11 is 0. The standard InChI is InChI=1S/C15H29N5O/c1-4-7-13(10-16)15(21)18-14-11-17-20(12-14)9-8-19(5-2)6-3/h11-13H,4-10,16H2,1-3H3,(H,18,21). The minimum absolute atomic E-state index is 0.0114. The Hall–Kier alpha value is -1.40. The Morgan fingerprint density at radius 1 is 1.43 bits per heavy atom. The van der Waals surface area contributed by atoms with E-state index < -0.39 is 0 Å². The number of nitrogens with zero attached hydrogens (tertiary/aromatic N) is 3. The van der Waals surface area contributed by atoms with E-state index >= 15 is 0 Å². The van der Waals surface area contributed by atoms with Crippen molar-refractivity contribution in [1.82, 2.24) is 14.7 Å². The number of likely N-dealkylation sites (N-methyl/N-ethyl adjacent to an activating group) is 1. The van der Waals surface area contributed by atoms with Crippen LogP contribution in [0, 0.1) is 5.92 Å². The van der Waals surface area contributed by atoms with Crippen LogP contribution in [0.15, 0.2) is 12.4 Å². The topological polar surface area (TPSA) is 76.2 Å². The van der Waals surface area contributed by atoms with Crippen LogP contribution in [0.5, 0.6) is 0 Å². The number of nitrogens with one attached hydrogen (secondary N) is 1. The molecule has 0 radical (unpaired) electrons. The zero-order valence-corrected chi connectivity index (χ0v) is 13.5. The van der Waals surface area contributed by atoms with Gasteiger partial charge in [0.2, 0.25) is 5.91 Å². The second-order valence-electron chi connectivity index (χ2n) is 5.23. The summed E-state index contributed by atoms with van der Waals surface area (Å²) in [5.41, 5.74) is 6.39. The first kappa shape index (κ1) is 17.7. The minimum Gasteiger partial charge on any atom is -0.330 e. The molecule has 0 aromatic carbocycles. The summed E-state index contributed by atoms with van der Waals surface area (Å²) in [6, 6.07) is 0. The van der Waals surface area contributed by atoms with E-state index in [2.05, 4.69) is 36.1 Å². The number of hydrogen-bond donors (Lipinski definition) is 2. The van der Waals surface area contributed by atoms with Gasteiger partial charge < -0.3 is 16.0 Å². The van der Waals surface area contributed by atoms with Crippen LogP contribution in [-0.2, 0) is 11.3 Å². The van der Waals surface area contributed by atoms with Crippen LogP contribution < -0.4 is 11.1 Å². The first-order valence-electron chi connectivity index (χ1n) is 7.90. The predicted octanol–water partition coefficient (Wildman–Crippen LogP) is 1.54. The molecule has 3 N–H and O–H groups in total. The van der Waals surface area contributed by atoms with Crippen LogP contribution in [0.1, 0.15) is 33.6 Å². The fraction of sp³-hybridized carbons (Fsp3) is 0.733. The second kappa shape index (κ2) is 9.52. The van der Waals surface area contributed by atoms with Gasteiger partial charge in [-0.1, -0.05) is 27.2 Å². The van der Waals surface area contributed by atoms with Gasteiger partial charge in [-0.25, -0.2) is 0 Å². The monoisotopic (exact) mass is 295 g/mol. The zero-order valence-electron chi connectivity index (χ0n) is 13.5. The first-order chi connectivity index (χ1) is 10.1. The van der Waals surface area contributed by atoms with Gasteiger partial charge in [0.25, 0.3) is 0 Å². The number of amides is 1. The van der Waals surface area contributed by atoms with Crippen molar-refractivity contribution in [1.29, 1.82) is 0 Å². The van der Waals surface area contributed by atoms with E-state index in [1.807, 2.05) is 10.9 Å². The number of carbonyl (C=O) groups is 1. The molecule has 120 valence electrons. The molecule has 0 saturated carbocycles. The number of hydrogen-bond acceptors (Lipinski definition) is 4. The Morgan fingerprint density at radius 3 is 2.71 bits per heavy atom. The molecule has 1 aromatic heterocycles.